The largest absolute Gasteiger partial charge is 0.464 e. The first-order chi connectivity index (χ1) is 13.4. The number of hydrogen-bond donors (Lipinski definition) is 0. The van der Waals surface area contributed by atoms with E-state index in [2.05, 4.69) is 14.7 Å². The Morgan fingerprint density at radius 2 is 2.07 bits per heavy atom. The number of aliphatic imine (C=N–C) groups is 1. The molecule has 152 valence electrons. The standard InChI is InChI=1S/C18H21Cl2N3O5/c1-12(19)21-14(17(24)26-2)4-3-7-28-18(25)15-10-13(20)11-16(22-15)23-5-8-27-9-6-23/h4,10-11H,3,5-9H2,1-2H3. The van der Waals surface area contributed by atoms with Crippen LogP contribution in [-0.4, -0.2) is 62.1 Å². The molecule has 0 saturated carbocycles. The fourth-order valence-electron chi connectivity index (χ4n) is 2.41. The van der Waals surface area contributed by atoms with Gasteiger partial charge < -0.3 is 19.1 Å². The molecule has 2 rings (SSSR count). The zero-order valence-electron chi connectivity index (χ0n) is 15.6. The lowest BCUT2D eigenvalue weighted by molar-refractivity contribution is -0.136. The second kappa shape index (κ2) is 11.0. The van der Waals surface area contributed by atoms with Gasteiger partial charge in [0.05, 0.1) is 26.9 Å². The van der Waals surface area contributed by atoms with Crippen molar-refractivity contribution in [1.82, 2.24) is 4.98 Å². The van der Waals surface area contributed by atoms with Crippen LogP contribution >= 0.6 is 23.2 Å². The van der Waals surface area contributed by atoms with Crippen molar-refractivity contribution in [2.45, 2.75) is 13.3 Å². The molecule has 1 fully saturated rings. The third-order valence-corrected chi connectivity index (χ3v) is 3.98. The Morgan fingerprint density at radius 3 is 2.71 bits per heavy atom. The molecule has 0 atom stereocenters. The predicted octanol–water partition coefficient (Wildman–Crippen LogP) is 2.83. The first-order valence-electron chi connectivity index (χ1n) is 8.57. The van der Waals surface area contributed by atoms with Crippen LogP contribution in [0.2, 0.25) is 5.02 Å². The second-order valence-electron chi connectivity index (χ2n) is 5.74. The Balaban J connectivity index is 1.99. The number of ether oxygens (including phenoxy) is 3. The van der Waals surface area contributed by atoms with Crippen molar-refractivity contribution in [3.8, 4) is 0 Å². The summed E-state index contributed by atoms with van der Waals surface area (Å²) in [6.07, 6.45) is 1.73. The lowest BCUT2D eigenvalue weighted by atomic mass is 10.3. The highest BCUT2D eigenvalue weighted by Crippen LogP contribution is 2.20. The van der Waals surface area contributed by atoms with Crippen LogP contribution in [0.25, 0.3) is 0 Å². The van der Waals surface area contributed by atoms with Crippen molar-refractivity contribution in [3.63, 3.8) is 0 Å². The van der Waals surface area contributed by atoms with Gasteiger partial charge in [-0.2, -0.15) is 0 Å². The number of anilines is 1. The highest BCUT2D eigenvalue weighted by Gasteiger charge is 2.17. The first-order valence-corrected chi connectivity index (χ1v) is 9.33. The second-order valence-corrected chi connectivity index (χ2v) is 6.73. The lowest BCUT2D eigenvalue weighted by Gasteiger charge is -2.28. The summed E-state index contributed by atoms with van der Waals surface area (Å²) in [5.74, 6) is -0.636. The van der Waals surface area contributed by atoms with Crippen molar-refractivity contribution in [2.24, 2.45) is 4.99 Å². The molecule has 28 heavy (non-hydrogen) atoms. The maximum atomic E-state index is 12.3. The van der Waals surface area contributed by atoms with E-state index in [4.69, 9.17) is 32.7 Å². The molecule has 0 N–H and O–H groups in total. The van der Waals surface area contributed by atoms with Gasteiger partial charge in [0.15, 0.2) is 5.69 Å². The Bertz CT molecular complexity index is 772. The van der Waals surface area contributed by atoms with Gasteiger partial charge in [-0.25, -0.2) is 19.6 Å². The summed E-state index contributed by atoms with van der Waals surface area (Å²) in [6, 6.07) is 3.15. The van der Waals surface area contributed by atoms with Gasteiger partial charge in [-0.3, -0.25) is 0 Å². The summed E-state index contributed by atoms with van der Waals surface area (Å²) in [5, 5.41) is 0.579. The molecule has 1 saturated heterocycles. The van der Waals surface area contributed by atoms with Gasteiger partial charge in [-0.15, -0.1) is 0 Å². The fraction of sp³-hybridized carbons (Fsp3) is 0.444. The topological polar surface area (TPSA) is 90.3 Å². The molecule has 8 nitrogen and oxygen atoms in total. The van der Waals surface area contributed by atoms with E-state index in [0.29, 0.717) is 37.1 Å². The summed E-state index contributed by atoms with van der Waals surface area (Å²) in [5.41, 5.74) is 0.155. The third kappa shape index (κ3) is 6.78. The Hall–Kier alpha value is -2.16. The Morgan fingerprint density at radius 1 is 1.36 bits per heavy atom. The van der Waals surface area contributed by atoms with Crippen LogP contribution < -0.4 is 4.90 Å². The van der Waals surface area contributed by atoms with Crippen LogP contribution in [-0.2, 0) is 19.0 Å². The zero-order valence-corrected chi connectivity index (χ0v) is 17.1. The van der Waals surface area contributed by atoms with Gasteiger partial charge >= 0.3 is 11.9 Å². The van der Waals surface area contributed by atoms with Crippen LogP contribution in [0.15, 0.2) is 28.9 Å². The molecular formula is C18H21Cl2N3O5. The zero-order chi connectivity index (χ0) is 20.5. The van der Waals surface area contributed by atoms with Gasteiger partial charge in [-0.05, 0) is 25.1 Å². The molecular weight excluding hydrogens is 409 g/mol. The van der Waals surface area contributed by atoms with E-state index in [9.17, 15) is 9.59 Å². The van der Waals surface area contributed by atoms with E-state index in [1.54, 1.807) is 6.07 Å². The smallest absolute Gasteiger partial charge is 0.357 e. The van der Waals surface area contributed by atoms with E-state index in [0.717, 1.165) is 0 Å². The molecule has 1 aliphatic heterocycles. The number of esters is 2. The van der Waals surface area contributed by atoms with Gasteiger partial charge in [0.2, 0.25) is 0 Å². The van der Waals surface area contributed by atoms with E-state index in [-0.39, 0.29) is 29.6 Å². The minimum Gasteiger partial charge on any atom is -0.464 e. The van der Waals surface area contributed by atoms with E-state index < -0.39 is 11.9 Å². The molecule has 0 spiro atoms. The van der Waals surface area contributed by atoms with Crippen LogP contribution in [0.1, 0.15) is 23.8 Å². The molecule has 0 unspecified atom stereocenters. The summed E-state index contributed by atoms with van der Waals surface area (Å²) in [7, 11) is 1.24. The molecule has 0 bridgehead atoms. The average molecular weight is 430 g/mol. The number of rotatable bonds is 7. The number of pyridine rings is 1. The normalized spacial score (nSPS) is 15.4. The van der Waals surface area contributed by atoms with Crippen LogP contribution in [0.4, 0.5) is 5.82 Å². The van der Waals surface area contributed by atoms with Crippen LogP contribution in [0.5, 0.6) is 0 Å². The molecule has 1 aromatic rings. The molecule has 1 aromatic heterocycles. The summed E-state index contributed by atoms with van der Waals surface area (Å²) in [6.45, 7) is 4.08. The molecule has 0 amide bonds. The molecule has 1 aliphatic rings. The third-order valence-electron chi connectivity index (χ3n) is 3.68. The van der Waals surface area contributed by atoms with Crippen LogP contribution in [0, 0.1) is 0 Å². The number of aromatic nitrogens is 1. The van der Waals surface area contributed by atoms with Gasteiger partial charge in [0.1, 0.15) is 16.7 Å². The summed E-state index contributed by atoms with van der Waals surface area (Å²) >= 11 is 11.8. The maximum absolute atomic E-state index is 12.3. The molecule has 10 heteroatoms. The van der Waals surface area contributed by atoms with Gasteiger partial charge in [0.25, 0.3) is 0 Å². The van der Waals surface area contributed by atoms with Gasteiger partial charge in [0, 0.05) is 24.5 Å². The lowest BCUT2D eigenvalue weighted by Crippen LogP contribution is -2.37. The number of morpholine rings is 1. The SMILES string of the molecule is COC(=O)C(=CCCOC(=O)c1cc(Cl)cc(N2CCOCC2)n1)N=C(C)Cl. The molecule has 0 radical (unpaired) electrons. The number of nitrogens with zero attached hydrogens (tertiary/aromatic N) is 3. The van der Waals surface area contributed by atoms with Crippen molar-refractivity contribution in [2.75, 3.05) is 44.9 Å². The van der Waals surface area contributed by atoms with Crippen molar-refractivity contribution in [3.05, 3.63) is 34.6 Å². The molecule has 0 aromatic carbocycles. The number of carbonyl (C=O) groups is 2. The van der Waals surface area contributed by atoms with Crippen LogP contribution in [0.3, 0.4) is 0 Å². The highest BCUT2D eigenvalue weighted by molar-refractivity contribution is 6.65. The number of hydrogen-bond acceptors (Lipinski definition) is 8. The number of halogens is 2. The minimum atomic E-state index is -0.627. The summed E-state index contributed by atoms with van der Waals surface area (Å²) < 4.78 is 15.2. The van der Waals surface area contributed by atoms with Crippen molar-refractivity contribution >= 4 is 46.1 Å². The van der Waals surface area contributed by atoms with E-state index >= 15 is 0 Å². The van der Waals surface area contributed by atoms with E-state index in [1.165, 1.54) is 26.2 Å². The first kappa shape index (κ1) is 22.1. The fourth-order valence-corrected chi connectivity index (χ4v) is 2.70. The highest BCUT2D eigenvalue weighted by atomic mass is 35.5. The minimum absolute atomic E-state index is 0.0251. The van der Waals surface area contributed by atoms with Crippen molar-refractivity contribution in [1.29, 1.82) is 0 Å². The monoisotopic (exact) mass is 429 g/mol. The van der Waals surface area contributed by atoms with E-state index in [1.807, 2.05) is 4.90 Å². The maximum Gasteiger partial charge on any atom is 0.357 e. The number of carbonyl (C=O) groups excluding carboxylic acids is 2. The quantitative estimate of drug-likeness (QED) is 0.284. The molecule has 0 aliphatic carbocycles. The molecule has 2 heterocycles. The van der Waals surface area contributed by atoms with Crippen molar-refractivity contribution < 1.29 is 23.8 Å². The predicted molar refractivity (Wildman–Crippen MR) is 106 cm³/mol. The Kier molecular flexibility index (Phi) is 8.69. The summed E-state index contributed by atoms with van der Waals surface area (Å²) in [4.78, 5) is 34.1. The van der Waals surface area contributed by atoms with Gasteiger partial charge in [-0.1, -0.05) is 23.2 Å². The Labute approximate surface area is 173 Å². The number of methoxy groups -OCH3 is 1. The average Bonchev–Trinajstić information content (AvgIpc) is 2.69.